The van der Waals surface area contributed by atoms with Gasteiger partial charge in [-0.25, -0.2) is 8.78 Å². The molecule has 0 bridgehead atoms. The van der Waals surface area contributed by atoms with Gasteiger partial charge in [0.05, 0.1) is 66.1 Å². The zero-order chi connectivity index (χ0) is 24.0. The van der Waals surface area contributed by atoms with E-state index >= 15 is 0 Å². The molecular formula is C16H26F8O7. The van der Waals surface area contributed by atoms with Crippen LogP contribution in [0.25, 0.3) is 0 Å². The van der Waals surface area contributed by atoms with Crippen LogP contribution in [-0.4, -0.2) is 113 Å². The first-order valence-electron chi connectivity index (χ1n) is 8.99. The fraction of sp³-hybridized carbons (Fsp3) is 1.00. The van der Waals surface area contributed by atoms with Gasteiger partial charge in [-0.15, -0.1) is 0 Å². The second-order valence-electron chi connectivity index (χ2n) is 6.01. The Hall–Kier alpha value is -0.840. The van der Waals surface area contributed by atoms with Crippen molar-refractivity contribution in [3.05, 3.63) is 0 Å². The number of halogens is 8. The first-order chi connectivity index (χ1) is 14.4. The van der Waals surface area contributed by atoms with Crippen molar-refractivity contribution in [3.63, 3.8) is 0 Å². The number of ether oxygens (including phenoxy) is 5. The molecule has 0 rings (SSSR count). The van der Waals surface area contributed by atoms with E-state index in [0.717, 1.165) is 0 Å². The van der Waals surface area contributed by atoms with E-state index in [0.29, 0.717) is 13.2 Å². The molecule has 0 heterocycles. The summed E-state index contributed by atoms with van der Waals surface area (Å²) in [7, 11) is 0. The quantitative estimate of drug-likeness (QED) is 0.201. The Labute approximate surface area is 173 Å². The molecule has 0 aliphatic carbocycles. The summed E-state index contributed by atoms with van der Waals surface area (Å²) in [5, 5.41) is 17.9. The van der Waals surface area contributed by atoms with Crippen LogP contribution in [0.5, 0.6) is 0 Å². The van der Waals surface area contributed by atoms with Crippen LogP contribution in [0.1, 0.15) is 0 Å². The van der Waals surface area contributed by atoms with Crippen LogP contribution in [-0.2, 0) is 23.7 Å². The summed E-state index contributed by atoms with van der Waals surface area (Å²) in [6.07, 6.45) is -6.57. The van der Waals surface area contributed by atoms with Crippen LogP contribution in [0.2, 0.25) is 0 Å². The van der Waals surface area contributed by atoms with E-state index in [1.807, 2.05) is 0 Å². The molecule has 0 aliphatic heterocycles. The van der Waals surface area contributed by atoms with Gasteiger partial charge in [0, 0.05) is 0 Å². The maximum atomic E-state index is 13.2. The van der Waals surface area contributed by atoms with E-state index in [4.69, 9.17) is 24.1 Å². The van der Waals surface area contributed by atoms with Gasteiger partial charge in [0.2, 0.25) is 0 Å². The molecule has 7 nitrogen and oxygen atoms in total. The van der Waals surface area contributed by atoms with Crippen LogP contribution in [0.15, 0.2) is 0 Å². The minimum atomic E-state index is -6.36. The molecule has 0 aromatic carbocycles. The number of rotatable bonds is 20. The van der Waals surface area contributed by atoms with Crippen LogP contribution >= 0.6 is 0 Å². The molecule has 1 atom stereocenters. The van der Waals surface area contributed by atoms with Gasteiger partial charge in [-0.1, -0.05) is 0 Å². The second kappa shape index (κ2) is 15.1. The summed E-state index contributed by atoms with van der Waals surface area (Å²) in [5.41, 5.74) is 0. The van der Waals surface area contributed by atoms with Gasteiger partial charge in [0.25, 0.3) is 0 Å². The first kappa shape index (κ1) is 30.2. The van der Waals surface area contributed by atoms with Gasteiger partial charge in [0.15, 0.2) is 0 Å². The summed E-state index contributed by atoms with van der Waals surface area (Å²) < 4.78 is 126. The third kappa shape index (κ3) is 11.0. The number of aliphatic hydroxyl groups excluding tert-OH is 2. The average molecular weight is 482 g/mol. The molecule has 188 valence electrons. The summed E-state index contributed by atoms with van der Waals surface area (Å²) in [6.45, 7) is -2.55. The number of alkyl halides is 8. The van der Waals surface area contributed by atoms with Crippen LogP contribution in [0, 0.1) is 0 Å². The van der Waals surface area contributed by atoms with Gasteiger partial charge in [-0.2, -0.15) is 26.3 Å². The zero-order valence-corrected chi connectivity index (χ0v) is 16.4. The molecule has 0 spiro atoms. The Balaban J connectivity index is 3.86. The molecule has 0 radical (unpaired) electrons. The molecule has 0 amide bonds. The standard InChI is InChI=1S/C16H26F8O7/c17-13(18)15(21,22)16(23,24)14(19,20)11-31-10-12(26)9-30-8-7-29-6-5-28-4-3-27-2-1-25/h12-13,25-26H,1-11H2. The van der Waals surface area contributed by atoms with E-state index < -0.39 is 50.1 Å². The molecule has 0 saturated heterocycles. The van der Waals surface area contributed by atoms with Gasteiger partial charge < -0.3 is 33.9 Å². The van der Waals surface area contributed by atoms with Crippen molar-refractivity contribution in [2.45, 2.75) is 30.3 Å². The fourth-order valence-corrected chi connectivity index (χ4v) is 1.79. The highest BCUT2D eigenvalue weighted by atomic mass is 19.4. The minimum absolute atomic E-state index is 0.0362. The van der Waals surface area contributed by atoms with E-state index in [1.54, 1.807) is 0 Å². The molecule has 0 fully saturated rings. The SMILES string of the molecule is OCCOCCOCCOCCOCC(O)COCC(F)(F)C(F)(F)C(F)(F)C(F)F. The minimum Gasteiger partial charge on any atom is -0.394 e. The third-order valence-corrected chi connectivity index (χ3v) is 3.41. The van der Waals surface area contributed by atoms with Gasteiger partial charge in [-0.05, 0) is 0 Å². The average Bonchev–Trinajstić information content (AvgIpc) is 2.68. The molecule has 0 aromatic rings. The summed E-state index contributed by atoms with van der Waals surface area (Å²) in [4.78, 5) is 0. The molecule has 0 aliphatic rings. The number of hydrogen-bond donors (Lipinski definition) is 2. The van der Waals surface area contributed by atoms with Crippen LogP contribution < -0.4 is 0 Å². The topological polar surface area (TPSA) is 86.6 Å². The van der Waals surface area contributed by atoms with Crippen molar-refractivity contribution >= 4 is 0 Å². The van der Waals surface area contributed by atoms with Crippen molar-refractivity contribution in [3.8, 4) is 0 Å². The first-order valence-corrected chi connectivity index (χ1v) is 8.99. The van der Waals surface area contributed by atoms with Crippen molar-refractivity contribution < 1.29 is 69.0 Å². The summed E-state index contributed by atoms with van der Waals surface area (Å²) in [6, 6.07) is 0. The van der Waals surface area contributed by atoms with E-state index in [9.17, 15) is 40.2 Å². The highest BCUT2D eigenvalue weighted by Gasteiger charge is 2.75. The summed E-state index contributed by atoms with van der Waals surface area (Å²) >= 11 is 0. The number of hydrogen-bond acceptors (Lipinski definition) is 7. The maximum Gasteiger partial charge on any atom is 0.380 e. The Morgan fingerprint density at radius 2 is 1.06 bits per heavy atom. The van der Waals surface area contributed by atoms with Crippen LogP contribution in [0.4, 0.5) is 35.1 Å². The molecule has 0 aromatic heterocycles. The molecule has 2 N–H and O–H groups in total. The highest BCUT2D eigenvalue weighted by Crippen LogP contribution is 2.48. The second-order valence-corrected chi connectivity index (χ2v) is 6.01. The largest absolute Gasteiger partial charge is 0.394 e. The van der Waals surface area contributed by atoms with E-state index in [-0.39, 0.29) is 39.6 Å². The molecule has 0 saturated carbocycles. The number of aliphatic hydroxyl groups is 2. The predicted molar refractivity (Wildman–Crippen MR) is 88.0 cm³/mol. The lowest BCUT2D eigenvalue weighted by atomic mass is 10.1. The van der Waals surface area contributed by atoms with Crippen LogP contribution in [0.3, 0.4) is 0 Å². The Morgan fingerprint density at radius 1 is 0.645 bits per heavy atom. The molecule has 31 heavy (non-hydrogen) atoms. The molecule has 15 heteroatoms. The lowest BCUT2D eigenvalue weighted by Crippen LogP contribution is -2.59. The smallest absolute Gasteiger partial charge is 0.380 e. The maximum absolute atomic E-state index is 13.2. The van der Waals surface area contributed by atoms with Gasteiger partial charge in [-0.3, -0.25) is 0 Å². The van der Waals surface area contributed by atoms with Crippen molar-refractivity contribution in [2.24, 2.45) is 0 Å². The normalized spacial score (nSPS) is 14.4. The summed E-state index contributed by atoms with van der Waals surface area (Å²) in [5.74, 6) is -18.2. The van der Waals surface area contributed by atoms with Gasteiger partial charge in [0.1, 0.15) is 12.7 Å². The Kier molecular flexibility index (Phi) is 14.7. The zero-order valence-electron chi connectivity index (χ0n) is 16.4. The van der Waals surface area contributed by atoms with E-state index in [2.05, 4.69) is 4.74 Å². The molecule has 1 unspecified atom stereocenters. The van der Waals surface area contributed by atoms with E-state index in [1.165, 1.54) is 0 Å². The lowest BCUT2D eigenvalue weighted by Gasteiger charge is -2.32. The van der Waals surface area contributed by atoms with Crippen molar-refractivity contribution in [1.82, 2.24) is 0 Å². The fourth-order valence-electron chi connectivity index (χ4n) is 1.79. The predicted octanol–water partition coefficient (Wildman–Crippen LogP) is 1.59. The molecular weight excluding hydrogens is 456 g/mol. The lowest BCUT2D eigenvalue weighted by molar-refractivity contribution is -0.346. The van der Waals surface area contributed by atoms with Crippen molar-refractivity contribution in [2.75, 3.05) is 72.7 Å². The highest BCUT2D eigenvalue weighted by molar-refractivity contribution is 4.97. The third-order valence-electron chi connectivity index (χ3n) is 3.41. The Morgan fingerprint density at radius 3 is 1.52 bits per heavy atom. The van der Waals surface area contributed by atoms with Gasteiger partial charge >= 0.3 is 24.2 Å². The monoisotopic (exact) mass is 482 g/mol. The Bertz CT molecular complexity index is 458. The van der Waals surface area contributed by atoms with Crippen molar-refractivity contribution in [1.29, 1.82) is 0 Å².